The number of benzene rings is 3. The Kier molecular flexibility index (Phi) is 3.51. The molecule has 136 valence electrons. The molecule has 27 heavy (non-hydrogen) atoms. The quantitative estimate of drug-likeness (QED) is 0.444. The van der Waals surface area contributed by atoms with E-state index in [1.165, 1.54) is 11.1 Å². The molecule has 0 saturated heterocycles. The van der Waals surface area contributed by atoms with Gasteiger partial charge in [0.15, 0.2) is 9.93 Å². The fourth-order valence-electron chi connectivity index (χ4n) is 5.06. The third-order valence-corrected chi connectivity index (χ3v) is 7.83. The summed E-state index contributed by atoms with van der Waals surface area (Å²) in [4.78, 5) is 0. The first-order valence-corrected chi connectivity index (χ1v) is 9.97. The number of fused-ring (bicyclic) bond motifs is 2. The standard InChI is InChI=1S/C24H20Cl2O/c1-16-10-6-7-13-18(16)21-19-14-8-9-15-20(19)27-23(17-11-4-3-5-12-17)22(21,2)24(23,25)26/h3-15,21H,1-2H3/t21-,22+,23-/m1/s1. The number of halogens is 2. The van der Waals surface area contributed by atoms with Gasteiger partial charge in [0, 0.05) is 11.5 Å². The van der Waals surface area contributed by atoms with Crippen molar-refractivity contribution in [2.24, 2.45) is 5.41 Å². The van der Waals surface area contributed by atoms with Crippen LogP contribution in [0.25, 0.3) is 0 Å². The summed E-state index contributed by atoms with van der Waals surface area (Å²) in [5.74, 6) is 0.897. The average Bonchev–Trinajstić information content (AvgIpc) is 3.09. The molecular formula is C24H20Cl2O. The lowest BCUT2D eigenvalue weighted by molar-refractivity contribution is 0.102. The zero-order chi connectivity index (χ0) is 18.9. The van der Waals surface area contributed by atoms with Crippen molar-refractivity contribution >= 4 is 23.2 Å². The molecule has 1 saturated carbocycles. The van der Waals surface area contributed by atoms with Crippen LogP contribution in [0.1, 0.15) is 35.1 Å². The highest BCUT2D eigenvalue weighted by Gasteiger charge is 2.91. The van der Waals surface area contributed by atoms with Gasteiger partial charge in [0.1, 0.15) is 5.75 Å². The number of hydrogen-bond donors (Lipinski definition) is 0. The fourth-order valence-corrected chi connectivity index (χ4v) is 6.14. The zero-order valence-corrected chi connectivity index (χ0v) is 16.8. The highest BCUT2D eigenvalue weighted by molar-refractivity contribution is 6.53. The van der Waals surface area contributed by atoms with Crippen LogP contribution in [0.3, 0.4) is 0 Å². The molecule has 3 aromatic carbocycles. The molecule has 1 nitrogen and oxygen atoms in total. The van der Waals surface area contributed by atoms with Gasteiger partial charge in [0.25, 0.3) is 0 Å². The highest BCUT2D eigenvalue weighted by Crippen LogP contribution is 2.85. The van der Waals surface area contributed by atoms with Crippen molar-refractivity contribution in [1.29, 1.82) is 0 Å². The molecule has 1 heterocycles. The number of hydrogen-bond acceptors (Lipinski definition) is 1. The van der Waals surface area contributed by atoms with Crippen LogP contribution >= 0.6 is 23.2 Å². The van der Waals surface area contributed by atoms with Gasteiger partial charge in [0.2, 0.25) is 0 Å². The lowest BCUT2D eigenvalue weighted by atomic mass is 9.73. The predicted octanol–water partition coefficient (Wildman–Crippen LogP) is 6.61. The Balaban J connectivity index is 1.82. The second kappa shape index (κ2) is 5.53. The van der Waals surface area contributed by atoms with Gasteiger partial charge in [-0.1, -0.05) is 103 Å². The minimum absolute atomic E-state index is 0.0406. The van der Waals surface area contributed by atoms with Crippen LogP contribution in [-0.4, -0.2) is 4.33 Å². The molecule has 1 aliphatic heterocycles. The van der Waals surface area contributed by atoms with Gasteiger partial charge >= 0.3 is 0 Å². The summed E-state index contributed by atoms with van der Waals surface area (Å²) in [6.07, 6.45) is 0. The second-order valence-corrected chi connectivity index (χ2v) is 9.08. The Labute approximate surface area is 169 Å². The molecule has 0 spiro atoms. The molecule has 0 N–H and O–H groups in total. The van der Waals surface area contributed by atoms with Crippen LogP contribution in [0.4, 0.5) is 0 Å². The van der Waals surface area contributed by atoms with Crippen molar-refractivity contribution in [3.63, 3.8) is 0 Å². The Morgan fingerprint density at radius 3 is 2.07 bits per heavy atom. The van der Waals surface area contributed by atoms with E-state index in [0.29, 0.717) is 0 Å². The van der Waals surface area contributed by atoms with Gasteiger partial charge in [-0.15, -0.1) is 0 Å². The lowest BCUT2D eigenvalue weighted by Crippen LogP contribution is -2.33. The van der Waals surface area contributed by atoms with Crippen LogP contribution in [0.5, 0.6) is 5.75 Å². The zero-order valence-electron chi connectivity index (χ0n) is 15.2. The highest BCUT2D eigenvalue weighted by atomic mass is 35.5. The van der Waals surface area contributed by atoms with E-state index in [9.17, 15) is 0 Å². The number of alkyl halides is 2. The SMILES string of the molecule is Cc1ccccc1[C@@H]1c2ccccc2O[C@@]2(c3ccccc3)C(Cl)(Cl)[C@@]12C. The summed E-state index contributed by atoms with van der Waals surface area (Å²) in [7, 11) is 0. The third kappa shape index (κ3) is 1.92. The topological polar surface area (TPSA) is 9.23 Å². The first-order valence-electron chi connectivity index (χ1n) is 9.22. The van der Waals surface area contributed by atoms with E-state index in [1.807, 2.05) is 30.3 Å². The Morgan fingerprint density at radius 1 is 0.778 bits per heavy atom. The minimum atomic E-state index is -1.05. The van der Waals surface area contributed by atoms with E-state index < -0.39 is 15.3 Å². The predicted molar refractivity (Wildman–Crippen MR) is 111 cm³/mol. The first kappa shape index (κ1) is 17.2. The normalized spacial score (nSPS) is 30.0. The van der Waals surface area contributed by atoms with E-state index in [-0.39, 0.29) is 5.92 Å². The molecule has 3 heteroatoms. The van der Waals surface area contributed by atoms with Crippen molar-refractivity contribution in [3.8, 4) is 5.75 Å². The van der Waals surface area contributed by atoms with Gasteiger partial charge in [-0.05, 0) is 29.7 Å². The average molecular weight is 395 g/mol. The summed E-state index contributed by atoms with van der Waals surface area (Å²) in [5.41, 5.74) is 3.36. The van der Waals surface area contributed by atoms with Gasteiger partial charge < -0.3 is 4.74 Å². The largest absolute Gasteiger partial charge is 0.478 e. The van der Waals surface area contributed by atoms with E-state index in [0.717, 1.165) is 16.9 Å². The molecule has 3 aromatic rings. The molecule has 0 unspecified atom stereocenters. The maximum Gasteiger partial charge on any atom is 0.177 e. The molecule has 0 amide bonds. The lowest BCUT2D eigenvalue weighted by Gasteiger charge is -2.37. The summed E-state index contributed by atoms with van der Waals surface area (Å²) >= 11 is 14.1. The van der Waals surface area contributed by atoms with Crippen molar-refractivity contribution in [2.45, 2.75) is 29.7 Å². The first-order chi connectivity index (χ1) is 12.9. The smallest absolute Gasteiger partial charge is 0.177 e. The number of ether oxygens (including phenoxy) is 1. The monoisotopic (exact) mass is 394 g/mol. The number of rotatable bonds is 2. The molecule has 0 radical (unpaired) electrons. The van der Waals surface area contributed by atoms with Crippen LogP contribution in [0, 0.1) is 12.3 Å². The summed E-state index contributed by atoms with van der Waals surface area (Å²) < 4.78 is 5.58. The van der Waals surface area contributed by atoms with E-state index >= 15 is 0 Å². The van der Waals surface area contributed by atoms with Gasteiger partial charge in [-0.25, -0.2) is 0 Å². The Hall–Kier alpha value is -1.96. The van der Waals surface area contributed by atoms with Crippen molar-refractivity contribution in [3.05, 3.63) is 101 Å². The van der Waals surface area contributed by atoms with E-state index in [1.54, 1.807) is 0 Å². The molecular weight excluding hydrogens is 375 g/mol. The van der Waals surface area contributed by atoms with E-state index in [2.05, 4.69) is 62.4 Å². The molecule has 1 fully saturated rings. The van der Waals surface area contributed by atoms with Crippen molar-refractivity contribution < 1.29 is 4.74 Å². The van der Waals surface area contributed by atoms with Crippen molar-refractivity contribution in [1.82, 2.24) is 0 Å². The Morgan fingerprint density at radius 2 is 1.37 bits per heavy atom. The summed E-state index contributed by atoms with van der Waals surface area (Å²) in [5, 5.41) is 0. The molecule has 5 rings (SSSR count). The maximum absolute atomic E-state index is 7.07. The fraction of sp³-hybridized carbons (Fsp3) is 0.250. The molecule has 2 aliphatic rings. The summed E-state index contributed by atoms with van der Waals surface area (Å²) in [6, 6.07) is 26.8. The molecule has 1 aliphatic carbocycles. The van der Waals surface area contributed by atoms with Crippen LogP contribution in [-0.2, 0) is 5.60 Å². The van der Waals surface area contributed by atoms with Crippen molar-refractivity contribution in [2.75, 3.05) is 0 Å². The molecule has 0 aromatic heterocycles. The third-order valence-electron chi connectivity index (χ3n) is 6.51. The molecule has 0 bridgehead atoms. The van der Waals surface area contributed by atoms with Crippen LogP contribution in [0.15, 0.2) is 78.9 Å². The minimum Gasteiger partial charge on any atom is -0.478 e. The number of para-hydroxylation sites is 1. The Bertz CT molecular complexity index is 1030. The van der Waals surface area contributed by atoms with Gasteiger partial charge in [0.05, 0.1) is 5.41 Å². The van der Waals surface area contributed by atoms with Crippen LogP contribution < -0.4 is 4.74 Å². The van der Waals surface area contributed by atoms with Gasteiger partial charge in [-0.2, -0.15) is 0 Å². The second-order valence-electron chi connectivity index (χ2n) is 7.75. The molecule has 3 atom stereocenters. The van der Waals surface area contributed by atoms with Gasteiger partial charge in [-0.3, -0.25) is 0 Å². The van der Waals surface area contributed by atoms with Crippen LogP contribution in [0.2, 0.25) is 0 Å². The number of aryl methyl sites for hydroxylation is 1. The van der Waals surface area contributed by atoms with E-state index in [4.69, 9.17) is 27.9 Å². The maximum atomic E-state index is 7.07. The summed E-state index contributed by atoms with van der Waals surface area (Å²) in [6.45, 7) is 4.31.